The van der Waals surface area contributed by atoms with Gasteiger partial charge in [0.25, 0.3) is 5.56 Å². The van der Waals surface area contributed by atoms with E-state index in [1.165, 1.54) is 12.8 Å². The predicted octanol–water partition coefficient (Wildman–Crippen LogP) is 4.02. The zero-order chi connectivity index (χ0) is 15.0. The molecule has 0 amide bonds. The Morgan fingerprint density at radius 3 is 2.81 bits per heavy atom. The fraction of sp³-hybridized carbons (Fsp3) is 0.556. The second kappa shape index (κ2) is 5.63. The number of hydrogen-bond acceptors (Lipinski definition) is 2. The molecule has 21 heavy (non-hydrogen) atoms. The van der Waals surface area contributed by atoms with E-state index in [1.54, 1.807) is 0 Å². The van der Waals surface area contributed by atoms with Gasteiger partial charge in [0.05, 0.1) is 10.9 Å². The van der Waals surface area contributed by atoms with Crippen LogP contribution in [0.1, 0.15) is 56.8 Å². The highest BCUT2D eigenvalue weighted by Gasteiger charge is 2.27. The van der Waals surface area contributed by atoms with E-state index in [0.29, 0.717) is 5.92 Å². The summed E-state index contributed by atoms with van der Waals surface area (Å²) in [6, 6.07) is 5.99. The second-order valence-corrected chi connectivity index (χ2v) is 6.35. The van der Waals surface area contributed by atoms with Crippen LogP contribution < -0.4 is 5.56 Å². The minimum absolute atomic E-state index is 0.144. The lowest BCUT2D eigenvalue weighted by atomic mass is 9.89. The lowest BCUT2D eigenvalue weighted by Gasteiger charge is -2.17. The fourth-order valence-corrected chi connectivity index (χ4v) is 3.54. The molecule has 3 nitrogen and oxygen atoms in total. The van der Waals surface area contributed by atoms with Crippen LogP contribution in [0.15, 0.2) is 23.0 Å². The average Bonchev–Trinajstić information content (AvgIpc) is 2.89. The topological polar surface area (TPSA) is 34.9 Å². The molecule has 1 aliphatic rings. The largest absolute Gasteiger partial charge is 0.296 e. The van der Waals surface area contributed by atoms with Crippen LogP contribution in [0.3, 0.4) is 0 Å². The van der Waals surface area contributed by atoms with Crippen molar-refractivity contribution in [2.45, 2.75) is 58.9 Å². The zero-order valence-corrected chi connectivity index (χ0v) is 13.2. The highest BCUT2D eigenvalue weighted by Crippen LogP contribution is 2.33. The maximum atomic E-state index is 12.7. The van der Waals surface area contributed by atoms with Crippen molar-refractivity contribution in [1.82, 2.24) is 9.55 Å². The maximum Gasteiger partial charge on any atom is 0.261 e. The molecular formula is C18H24N2O. The lowest BCUT2D eigenvalue weighted by Crippen LogP contribution is -2.21. The molecule has 112 valence electrons. The van der Waals surface area contributed by atoms with Crippen molar-refractivity contribution in [3.63, 3.8) is 0 Å². The Balaban J connectivity index is 2.05. The smallest absolute Gasteiger partial charge is 0.261 e. The van der Waals surface area contributed by atoms with Crippen LogP contribution in [0.5, 0.6) is 0 Å². The van der Waals surface area contributed by atoms with Crippen LogP contribution in [-0.2, 0) is 6.54 Å². The number of rotatable bonds is 4. The molecular weight excluding hydrogens is 260 g/mol. The molecule has 0 spiro atoms. The first kappa shape index (κ1) is 14.3. The highest BCUT2D eigenvalue weighted by molar-refractivity contribution is 5.78. The summed E-state index contributed by atoms with van der Waals surface area (Å²) in [6.07, 6.45) is 4.65. The van der Waals surface area contributed by atoms with Crippen LogP contribution in [0.2, 0.25) is 0 Å². The average molecular weight is 284 g/mol. The molecule has 0 radical (unpaired) electrons. The Bertz CT molecular complexity index is 713. The minimum Gasteiger partial charge on any atom is -0.296 e. The zero-order valence-electron chi connectivity index (χ0n) is 13.2. The number of hydrogen-bond donors (Lipinski definition) is 0. The first-order valence-corrected chi connectivity index (χ1v) is 8.15. The summed E-state index contributed by atoms with van der Waals surface area (Å²) < 4.78 is 1.91. The van der Waals surface area contributed by atoms with E-state index in [4.69, 9.17) is 4.98 Å². The van der Waals surface area contributed by atoms with E-state index in [2.05, 4.69) is 13.8 Å². The molecule has 0 aliphatic carbocycles. The summed E-state index contributed by atoms with van der Waals surface area (Å²) >= 11 is 0. The first-order chi connectivity index (χ1) is 10.1. The Morgan fingerprint density at radius 2 is 2.10 bits per heavy atom. The molecule has 2 aromatic rings. The lowest BCUT2D eigenvalue weighted by molar-refractivity contribution is 0.405. The van der Waals surface area contributed by atoms with Crippen molar-refractivity contribution in [1.29, 1.82) is 0 Å². The summed E-state index contributed by atoms with van der Waals surface area (Å²) in [6.45, 7) is 7.36. The summed E-state index contributed by atoms with van der Waals surface area (Å²) in [5, 5.41) is 0.766. The van der Waals surface area contributed by atoms with Gasteiger partial charge in [0, 0.05) is 12.5 Å². The van der Waals surface area contributed by atoms with Gasteiger partial charge in [0.1, 0.15) is 5.82 Å². The molecule has 2 heterocycles. The predicted molar refractivity (Wildman–Crippen MR) is 86.8 cm³/mol. The van der Waals surface area contributed by atoms with Gasteiger partial charge in [-0.2, -0.15) is 0 Å². The molecule has 0 fully saturated rings. The first-order valence-electron chi connectivity index (χ1n) is 8.15. The maximum absolute atomic E-state index is 12.7. The van der Waals surface area contributed by atoms with Gasteiger partial charge >= 0.3 is 0 Å². The van der Waals surface area contributed by atoms with Crippen LogP contribution in [-0.4, -0.2) is 9.55 Å². The third kappa shape index (κ3) is 2.50. The van der Waals surface area contributed by atoms with E-state index in [-0.39, 0.29) is 5.56 Å². The van der Waals surface area contributed by atoms with Gasteiger partial charge in [0.2, 0.25) is 0 Å². The number of aromatic nitrogens is 2. The van der Waals surface area contributed by atoms with Gasteiger partial charge in [-0.3, -0.25) is 9.36 Å². The van der Waals surface area contributed by atoms with Crippen molar-refractivity contribution < 1.29 is 0 Å². The van der Waals surface area contributed by atoms with Gasteiger partial charge in [-0.15, -0.1) is 0 Å². The molecule has 1 unspecified atom stereocenters. The van der Waals surface area contributed by atoms with E-state index >= 15 is 0 Å². The van der Waals surface area contributed by atoms with E-state index in [0.717, 1.165) is 47.6 Å². The van der Waals surface area contributed by atoms with Gasteiger partial charge in [0.15, 0.2) is 0 Å². The number of fused-ring (bicyclic) bond motifs is 2. The normalized spacial score (nSPS) is 17.6. The standard InChI is InChI=1S/C18H24N2O/c1-4-13(5-2)11-14-8-9-20-17(14)19-16-7-6-12(3)10-15(16)18(20)21/h6-7,10,13-14H,4-5,8-9,11H2,1-3H3. The molecule has 0 N–H and O–H groups in total. The molecule has 0 saturated heterocycles. The Kier molecular flexibility index (Phi) is 3.83. The monoisotopic (exact) mass is 284 g/mol. The Hall–Kier alpha value is -1.64. The molecule has 3 rings (SSSR count). The SMILES string of the molecule is CCC(CC)CC1CCn2c1nc1ccc(C)cc1c2=O. The molecule has 1 aromatic carbocycles. The van der Waals surface area contributed by atoms with E-state index in [9.17, 15) is 4.79 Å². The van der Waals surface area contributed by atoms with Crippen molar-refractivity contribution in [2.24, 2.45) is 5.92 Å². The molecule has 1 atom stereocenters. The molecule has 0 saturated carbocycles. The van der Waals surface area contributed by atoms with Crippen LogP contribution in [0.4, 0.5) is 0 Å². The Labute approximate surface area is 126 Å². The second-order valence-electron chi connectivity index (χ2n) is 6.35. The Morgan fingerprint density at radius 1 is 1.33 bits per heavy atom. The van der Waals surface area contributed by atoms with Crippen molar-refractivity contribution in [3.05, 3.63) is 39.9 Å². The van der Waals surface area contributed by atoms with Gasteiger partial charge in [-0.1, -0.05) is 38.3 Å². The van der Waals surface area contributed by atoms with Gasteiger partial charge in [-0.25, -0.2) is 4.98 Å². The quantitative estimate of drug-likeness (QED) is 0.850. The summed E-state index contributed by atoms with van der Waals surface area (Å²) in [7, 11) is 0. The minimum atomic E-state index is 0.144. The van der Waals surface area contributed by atoms with Gasteiger partial charge in [-0.05, 0) is 37.8 Å². The van der Waals surface area contributed by atoms with Crippen LogP contribution in [0.25, 0.3) is 10.9 Å². The third-order valence-corrected chi connectivity index (χ3v) is 4.98. The summed E-state index contributed by atoms with van der Waals surface area (Å²) in [5.41, 5.74) is 2.12. The molecule has 0 bridgehead atoms. The van der Waals surface area contributed by atoms with Gasteiger partial charge < -0.3 is 0 Å². The molecule has 1 aliphatic heterocycles. The summed E-state index contributed by atoms with van der Waals surface area (Å²) in [4.78, 5) is 17.5. The van der Waals surface area contributed by atoms with Crippen molar-refractivity contribution >= 4 is 10.9 Å². The third-order valence-electron chi connectivity index (χ3n) is 4.98. The number of aryl methyl sites for hydroxylation is 1. The molecule has 1 aromatic heterocycles. The van der Waals surface area contributed by atoms with Crippen LogP contribution >= 0.6 is 0 Å². The highest BCUT2D eigenvalue weighted by atomic mass is 16.1. The van der Waals surface area contributed by atoms with Crippen molar-refractivity contribution in [3.8, 4) is 0 Å². The fourth-order valence-electron chi connectivity index (χ4n) is 3.54. The van der Waals surface area contributed by atoms with E-state index in [1.807, 2.05) is 29.7 Å². The number of benzene rings is 1. The molecule has 3 heteroatoms. The summed E-state index contributed by atoms with van der Waals surface area (Å²) in [5.74, 6) is 2.21. The number of nitrogens with zero attached hydrogens (tertiary/aromatic N) is 2. The van der Waals surface area contributed by atoms with E-state index < -0.39 is 0 Å². The van der Waals surface area contributed by atoms with Crippen molar-refractivity contribution in [2.75, 3.05) is 0 Å². The van der Waals surface area contributed by atoms with Crippen LogP contribution in [0, 0.1) is 12.8 Å².